The van der Waals surface area contributed by atoms with Gasteiger partial charge in [-0.25, -0.2) is 0 Å². The first kappa shape index (κ1) is 10.3. The van der Waals surface area contributed by atoms with Gasteiger partial charge in [0, 0.05) is 6.04 Å². The van der Waals surface area contributed by atoms with Crippen molar-refractivity contribution in [2.24, 2.45) is 0 Å². The maximum atomic E-state index is 9.06. The molecule has 1 heterocycles. The Morgan fingerprint density at radius 1 is 1.54 bits per heavy atom. The Hall–Kier alpha value is -0.805. The van der Waals surface area contributed by atoms with E-state index in [0.717, 1.165) is 12.1 Å². The predicted molar refractivity (Wildman–Crippen MR) is 51.8 cm³/mol. The molecule has 5 heteroatoms. The molecule has 1 rings (SSSR count). The minimum absolute atomic E-state index is 0.150. The standard InChI is InChI=1S/C8H15BN2O2/c1-4-7-5-8(9(12)13)11(10-7)6(2)3/h5-6,12-13H,4H2,1-3H3. The van der Waals surface area contributed by atoms with E-state index in [0.29, 0.717) is 5.59 Å². The van der Waals surface area contributed by atoms with Crippen LogP contribution < -0.4 is 5.59 Å². The fourth-order valence-corrected chi connectivity index (χ4v) is 1.24. The van der Waals surface area contributed by atoms with Crippen molar-refractivity contribution in [3.8, 4) is 0 Å². The van der Waals surface area contributed by atoms with Crippen molar-refractivity contribution in [1.82, 2.24) is 9.78 Å². The molecule has 0 bridgehead atoms. The van der Waals surface area contributed by atoms with Gasteiger partial charge in [-0.15, -0.1) is 0 Å². The van der Waals surface area contributed by atoms with Gasteiger partial charge >= 0.3 is 7.12 Å². The highest BCUT2D eigenvalue weighted by Crippen LogP contribution is 2.03. The predicted octanol–water partition coefficient (Wildman–Crippen LogP) is -0.294. The number of hydrogen-bond acceptors (Lipinski definition) is 3. The second kappa shape index (κ2) is 3.94. The van der Waals surface area contributed by atoms with Crippen LogP contribution in [0.4, 0.5) is 0 Å². The van der Waals surface area contributed by atoms with Crippen molar-refractivity contribution in [2.75, 3.05) is 0 Å². The Labute approximate surface area is 78.3 Å². The van der Waals surface area contributed by atoms with Crippen LogP contribution >= 0.6 is 0 Å². The number of nitrogens with zero attached hydrogens (tertiary/aromatic N) is 2. The molecular formula is C8H15BN2O2. The molecule has 0 atom stereocenters. The van der Waals surface area contributed by atoms with Crippen LogP contribution in [0.2, 0.25) is 0 Å². The lowest BCUT2D eigenvalue weighted by molar-refractivity contribution is 0.416. The average Bonchev–Trinajstić information content (AvgIpc) is 2.47. The Morgan fingerprint density at radius 3 is 2.46 bits per heavy atom. The van der Waals surface area contributed by atoms with E-state index < -0.39 is 7.12 Å². The van der Waals surface area contributed by atoms with Crippen molar-refractivity contribution < 1.29 is 10.0 Å². The summed E-state index contributed by atoms with van der Waals surface area (Å²) in [4.78, 5) is 0. The number of rotatable bonds is 3. The van der Waals surface area contributed by atoms with Crippen molar-refractivity contribution in [2.45, 2.75) is 33.2 Å². The van der Waals surface area contributed by atoms with Crippen molar-refractivity contribution >= 4 is 12.7 Å². The van der Waals surface area contributed by atoms with Gasteiger partial charge in [-0.1, -0.05) is 6.92 Å². The summed E-state index contributed by atoms with van der Waals surface area (Å²) in [5.41, 5.74) is 1.35. The normalized spacial score (nSPS) is 10.9. The molecule has 2 N–H and O–H groups in total. The Morgan fingerprint density at radius 2 is 2.15 bits per heavy atom. The number of hydrogen-bond donors (Lipinski definition) is 2. The van der Waals surface area contributed by atoms with E-state index in [4.69, 9.17) is 10.0 Å². The lowest BCUT2D eigenvalue weighted by Crippen LogP contribution is -2.37. The fraction of sp³-hybridized carbons (Fsp3) is 0.625. The van der Waals surface area contributed by atoms with E-state index in [-0.39, 0.29) is 6.04 Å². The van der Waals surface area contributed by atoms with Gasteiger partial charge in [0.05, 0.1) is 11.3 Å². The maximum absolute atomic E-state index is 9.06. The molecule has 0 fully saturated rings. The molecule has 0 aliphatic heterocycles. The monoisotopic (exact) mass is 182 g/mol. The third-order valence-corrected chi connectivity index (χ3v) is 1.93. The smallest absolute Gasteiger partial charge is 0.422 e. The van der Waals surface area contributed by atoms with Gasteiger partial charge in [0.15, 0.2) is 0 Å². The summed E-state index contributed by atoms with van der Waals surface area (Å²) < 4.78 is 1.64. The molecule has 0 aliphatic carbocycles. The van der Waals surface area contributed by atoms with E-state index in [1.807, 2.05) is 20.8 Å². The molecule has 0 unspecified atom stereocenters. The fourth-order valence-electron chi connectivity index (χ4n) is 1.24. The minimum Gasteiger partial charge on any atom is -0.422 e. The zero-order valence-electron chi connectivity index (χ0n) is 8.23. The molecule has 4 nitrogen and oxygen atoms in total. The van der Waals surface area contributed by atoms with Gasteiger partial charge < -0.3 is 10.0 Å². The second-order valence-corrected chi connectivity index (χ2v) is 3.33. The van der Waals surface area contributed by atoms with Crippen LogP contribution in [0.5, 0.6) is 0 Å². The van der Waals surface area contributed by atoms with Crippen LogP contribution in [-0.2, 0) is 6.42 Å². The Kier molecular flexibility index (Phi) is 3.11. The molecule has 0 aliphatic rings. The third kappa shape index (κ3) is 2.11. The molecule has 0 spiro atoms. The SMILES string of the molecule is CCc1cc(B(O)O)n(C(C)C)n1. The van der Waals surface area contributed by atoms with E-state index in [1.165, 1.54) is 0 Å². The highest BCUT2D eigenvalue weighted by molar-refractivity contribution is 6.57. The van der Waals surface area contributed by atoms with E-state index >= 15 is 0 Å². The van der Waals surface area contributed by atoms with Gasteiger partial charge in [-0.2, -0.15) is 5.10 Å². The quantitative estimate of drug-likeness (QED) is 0.631. The first-order valence-electron chi connectivity index (χ1n) is 4.50. The Balaban J connectivity index is 3.08. The summed E-state index contributed by atoms with van der Waals surface area (Å²) in [7, 11) is -1.44. The van der Waals surface area contributed by atoms with Crippen molar-refractivity contribution in [3.63, 3.8) is 0 Å². The molecule has 0 saturated carbocycles. The second-order valence-electron chi connectivity index (χ2n) is 3.33. The molecule has 0 radical (unpaired) electrons. The van der Waals surface area contributed by atoms with Crippen LogP contribution in [0.15, 0.2) is 6.07 Å². The molecule has 0 saturated heterocycles. The summed E-state index contributed by atoms with van der Waals surface area (Å²) in [6, 6.07) is 1.88. The molecule has 0 aromatic carbocycles. The summed E-state index contributed by atoms with van der Waals surface area (Å²) >= 11 is 0. The first-order chi connectivity index (χ1) is 6.06. The third-order valence-electron chi connectivity index (χ3n) is 1.93. The van der Waals surface area contributed by atoms with Gasteiger partial charge in [0.25, 0.3) is 0 Å². The van der Waals surface area contributed by atoms with Crippen LogP contribution in [0.25, 0.3) is 0 Å². The zero-order valence-corrected chi connectivity index (χ0v) is 8.23. The number of aromatic nitrogens is 2. The lowest BCUT2D eigenvalue weighted by Gasteiger charge is -2.09. The number of aryl methyl sites for hydroxylation is 1. The lowest BCUT2D eigenvalue weighted by atomic mass is 9.85. The molecule has 72 valence electrons. The Bertz CT molecular complexity index is 258. The summed E-state index contributed by atoms with van der Waals surface area (Å²) in [5.74, 6) is 0. The highest BCUT2D eigenvalue weighted by atomic mass is 16.4. The van der Waals surface area contributed by atoms with Crippen LogP contribution in [0, 0.1) is 0 Å². The average molecular weight is 182 g/mol. The van der Waals surface area contributed by atoms with Gasteiger partial charge in [0.2, 0.25) is 0 Å². The van der Waals surface area contributed by atoms with Crippen molar-refractivity contribution in [1.29, 1.82) is 0 Å². The molecule has 1 aromatic rings. The van der Waals surface area contributed by atoms with Gasteiger partial charge in [-0.05, 0) is 26.3 Å². The highest BCUT2D eigenvalue weighted by Gasteiger charge is 2.20. The maximum Gasteiger partial charge on any atom is 0.507 e. The van der Waals surface area contributed by atoms with E-state index in [1.54, 1.807) is 10.7 Å². The summed E-state index contributed by atoms with van der Waals surface area (Å²) in [6.45, 7) is 5.90. The van der Waals surface area contributed by atoms with Gasteiger partial charge in [0.1, 0.15) is 0 Å². The van der Waals surface area contributed by atoms with Crippen LogP contribution in [0.1, 0.15) is 32.5 Å². The minimum atomic E-state index is -1.44. The largest absolute Gasteiger partial charge is 0.507 e. The molecule has 0 amide bonds. The molecule has 13 heavy (non-hydrogen) atoms. The van der Waals surface area contributed by atoms with Crippen LogP contribution in [0.3, 0.4) is 0 Å². The molecular weight excluding hydrogens is 167 g/mol. The zero-order chi connectivity index (χ0) is 10.0. The van der Waals surface area contributed by atoms with Gasteiger partial charge in [-0.3, -0.25) is 4.68 Å². The summed E-state index contributed by atoms with van der Waals surface area (Å²) in [5, 5.41) is 22.4. The van der Waals surface area contributed by atoms with Crippen molar-refractivity contribution in [3.05, 3.63) is 11.8 Å². The van der Waals surface area contributed by atoms with E-state index in [2.05, 4.69) is 5.10 Å². The topological polar surface area (TPSA) is 58.3 Å². The van der Waals surface area contributed by atoms with Crippen LogP contribution in [-0.4, -0.2) is 26.9 Å². The summed E-state index contributed by atoms with van der Waals surface area (Å²) in [6.07, 6.45) is 0.805. The molecule has 1 aromatic heterocycles. The first-order valence-corrected chi connectivity index (χ1v) is 4.50. The van der Waals surface area contributed by atoms with E-state index in [9.17, 15) is 0 Å².